The molecular weight excluding hydrogens is 219 g/mol. The third-order valence-corrected chi connectivity index (χ3v) is 2.55. The van der Waals surface area contributed by atoms with Gasteiger partial charge in [0, 0.05) is 0 Å². The fraction of sp³-hybridized carbons (Fsp3) is 0.0714. The Morgan fingerprint density at radius 3 is 2.65 bits per heavy atom. The zero-order valence-electron chi connectivity index (χ0n) is 9.31. The van der Waals surface area contributed by atoms with Crippen LogP contribution in [0.2, 0.25) is 0 Å². The minimum atomic E-state index is -0.514. The highest BCUT2D eigenvalue weighted by atomic mass is 19.1. The molecule has 0 aromatic heterocycles. The van der Waals surface area contributed by atoms with Crippen molar-refractivity contribution in [2.45, 2.75) is 0 Å². The van der Waals surface area contributed by atoms with Gasteiger partial charge in [-0.2, -0.15) is 0 Å². The van der Waals surface area contributed by atoms with Gasteiger partial charge in [0.15, 0.2) is 6.29 Å². The summed E-state index contributed by atoms with van der Waals surface area (Å²) in [6.07, 6.45) is 0.532. The highest BCUT2D eigenvalue weighted by molar-refractivity contribution is 5.88. The third kappa shape index (κ3) is 2.18. The molecule has 2 aromatic rings. The molecule has 0 saturated carbocycles. The van der Waals surface area contributed by atoms with Gasteiger partial charge in [0.25, 0.3) is 0 Å². The molecule has 0 aliphatic carbocycles. The zero-order valence-corrected chi connectivity index (χ0v) is 9.31. The number of methoxy groups -OCH3 is 1. The second-order valence-electron chi connectivity index (χ2n) is 3.55. The van der Waals surface area contributed by atoms with Crippen molar-refractivity contribution in [3.8, 4) is 16.9 Å². The van der Waals surface area contributed by atoms with E-state index in [2.05, 4.69) is 0 Å². The van der Waals surface area contributed by atoms with Crippen molar-refractivity contribution in [3.05, 3.63) is 53.8 Å². The maximum atomic E-state index is 13.5. The van der Waals surface area contributed by atoms with Crippen LogP contribution in [0.3, 0.4) is 0 Å². The molecule has 0 amide bonds. The predicted octanol–water partition coefficient (Wildman–Crippen LogP) is 3.31. The molecule has 0 N–H and O–H groups in total. The lowest BCUT2D eigenvalue weighted by Crippen LogP contribution is -1.92. The molecule has 0 radical (unpaired) electrons. The quantitative estimate of drug-likeness (QED) is 0.756. The van der Waals surface area contributed by atoms with Gasteiger partial charge in [-0.05, 0) is 29.3 Å². The highest BCUT2D eigenvalue weighted by Gasteiger charge is 2.09. The Bertz CT molecular complexity index is 550. The Morgan fingerprint density at radius 2 is 1.94 bits per heavy atom. The normalized spacial score (nSPS) is 10.0. The molecule has 2 rings (SSSR count). The van der Waals surface area contributed by atoms with Gasteiger partial charge in [-0.25, -0.2) is 4.39 Å². The fourth-order valence-corrected chi connectivity index (χ4v) is 1.70. The van der Waals surface area contributed by atoms with Crippen LogP contribution in [0.4, 0.5) is 4.39 Å². The van der Waals surface area contributed by atoms with Crippen molar-refractivity contribution in [1.82, 2.24) is 0 Å². The van der Waals surface area contributed by atoms with E-state index in [0.29, 0.717) is 17.6 Å². The van der Waals surface area contributed by atoms with E-state index in [4.69, 9.17) is 4.74 Å². The van der Waals surface area contributed by atoms with E-state index in [9.17, 15) is 9.18 Å². The van der Waals surface area contributed by atoms with Gasteiger partial charge < -0.3 is 4.74 Å². The minimum absolute atomic E-state index is 0.0701. The van der Waals surface area contributed by atoms with E-state index in [1.807, 2.05) is 6.07 Å². The molecule has 17 heavy (non-hydrogen) atoms. The summed E-state index contributed by atoms with van der Waals surface area (Å²) in [7, 11) is 1.56. The Balaban J connectivity index is 2.59. The molecule has 0 aliphatic rings. The van der Waals surface area contributed by atoms with E-state index in [1.54, 1.807) is 37.4 Å². The molecule has 3 heteroatoms. The average molecular weight is 230 g/mol. The Labute approximate surface area is 98.7 Å². The molecule has 0 bridgehead atoms. The molecule has 0 unspecified atom stereocenters. The van der Waals surface area contributed by atoms with Gasteiger partial charge in [-0.15, -0.1) is 0 Å². The van der Waals surface area contributed by atoms with E-state index >= 15 is 0 Å². The average Bonchev–Trinajstić information content (AvgIpc) is 2.38. The van der Waals surface area contributed by atoms with E-state index in [0.717, 1.165) is 5.56 Å². The third-order valence-electron chi connectivity index (χ3n) is 2.55. The standard InChI is InChI=1S/C14H11FO2/c1-17-11-5-2-4-10(8-11)12-6-3-7-14(15)13(12)9-16/h2-9H,1H3. The van der Waals surface area contributed by atoms with Crippen LogP contribution in [0.1, 0.15) is 10.4 Å². The molecule has 2 aromatic carbocycles. The lowest BCUT2D eigenvalue weighted by Gasteiger charge is -2.07. The van der Waals surface area contributed by atoms with Crippen LogP contribution in [0.5, 0.6) is 5.75 Å². The van der Waals surface area contributed by atoms with Crippen LogP contribution in [0.25, 0.3) is 11.1 Å². The molecule has 0 saturated heterocycles. The van der Waals surface area contributed by atoms with Crippen molar-refractivity contribution >= 4 is 6.29 Å². The largest absolute Gasteiger partial charge is 0.497 e. The first kappa shape index (κ1) is 11.3. The van der Waals surface area contributed by atoms with E-state index < -0.39 is 5.82 Å². The van der Waals surface area contributed by atoms with Gasteiger partial charge >= 0.3 is 0 Å². The smallest absolute Gasteiger partial charge is 0.153 e. The maximum absolute atomic E-state index is 13.5. The summed E-state index contributed by atoms with van der Waals surface area (Å²) >= 11 is 0. The predicted molar refractivity (Wildman–Crippen MR) is 63.8 cm³/mol. The minimum Gasteiger partial charge on any atom is -0.497 e. The molecule has 86 valence electrons. The molecule has 2 nitrogen and oxygen atoms in total. The van der Waals surface area contributed by atoms with Gasteiger partial charge in [-0.1, -0.05) is 24.3 Å². The Morgan fingerprint density at radius 1 is 1.18 bits per heavy atom. The number of carbonyl (C=O) groups is 1. The zero-order chi connectivity index (χ0) is 12.3. The number of aldehydes is 1. The van der Waals surface area contributed by atoms with Gasteiger partial charge in [0.05, 0.1) is 12.7 Å². The van der Waals surface area contributed by atoms with Crippen molar-refractivity contribution in [2.75, 3.05) is 7.11 Å². The summed E-state index contributed by atoms with van der Waals surface area (Å²) < 4.78 is 18.6. The maximum Gasteiger partial charge on any atom is 0.153 e. The van der Waals surface area contributed by atoms with E-state index in [-0.39, 0.29) is 5.56 Å². The summed E-state index contributed by atoms with van der Waals surface area (Å²) in [4.78, 5) is 10.9. The second-order valence-corrected chi connectivity index (χ2v) is 3.55. The summed E-state index contributed by atoms with van der Waals surface area (Å²) in [6.45, 7) is 0. The molecule has 0 atom stereocenters. The van der Waals surface area contributed by atoms with Crippen LogP contribution in [0, 0.1) is 5.82 Å². The Kier molecular flexibility index (Phi) is 3.19. The first-order chi connectivity index (χ1) is 8.26. The molecular formula is C14H11FO2. The number of benzene rings is 2. The number of hydrogen-bond donors (Lipinski definition) is 0. The van der Waals surface area contributed by atoms with Crippen molar-refractivity contribution < 1.29 is 13.9 Å². The number of hydrogen-bond acceptors (Lipinski definition) is 2. The lowest BCUT2D eigenvalue weighted by molar-refractivity contribution is 0.112. The topological polar surface area (TPSA) is 26.3 Å². The van der Waals surface area contributed by atoms with Crippen molar-refractivity contribution in [1.29, 1.82) is 0 Å². The number of ether oxygens (including phenoxy) is 1. The van der Waals surface area contributed by atoms with Crippen LogP contribution in [0.15, 0.2) is 42.5 Å². The van der Waals surface area contributed by atoms with Crippen molar-refractivity contribution in [2.24, 2.45) is 0 Å². The lowest BCUT2D eigenvalue weighted by atomic mass is 10.00. The number of rotatable bonds is 3. The fourth-order valence-electron chi connectivity index (χ4n) is 1.70. The second kappa shape index (κ2) is 4.78. The van der Waals surface area contributed by atoms with Crippen LogP contribution in [-0.4, -0.2) is 13.4 Å². The van der Waals surface area contributed by atoms with Crippen molar-refractivity contribution in [3.63, 3.8) is 0 Å². The summed E-state index contributed by atoms with van der Waals surface area (Å²) in [5.74, 6) is 0.156. The molecule has 0 aliphatic heterocycles. The molecule has 0 spiro atoms. The summed E-state index contributed by atoms with van der Waals surface area (Å²) in [5.41, 5.74) is 1.39. The van der Waals surface area contributed by atoms with E-state index in [1.165, 1.54) is 6.07 Å². The Hall–Kier alpha value is -2.16. The first-order valence-electron chi connectivity index (χ1n) is 5.14. The molecule has 0 fully saturated rings. The summed E-state index contributed by atoms with van der Waals surface area (Å²) in [6, 6.07) is 11.7. The van der Waals surface area contributed by atoms with Gasteiger partial charge in [0.1, 0.15) is 11.6 Å². The SMILES string of the molecule is COc1cccc(-c2cccc(F)c2C=O)c1. The van der Waals surface area contributed by atoms with Gasteiger partial charge in [-0.3, -0.25) is 4.79 Å². The van der Waals surface area contributed by atoms with Crippen LogP contribution < -0.4 is 4.74 Å². The van der Waals surface area contributed by atoms with Gasteiger partial charge in [0.2, 0.25) is 0 Å². The van der Waals surface area contributed by atoms with Crippen LogP contribution >= 0.6 is 0 Å². The monoisotopic (exact) mass is 230 g/mol. The number of halogens is 1. The highest BCUT2D eigenvalue weighted by Crippen LogP contribution is 2.27. The number of carbonyl (C=O) groups excluding carboxylic acids is 1. The first-order valence-corrected chi connectivity index (χ1v) is 5.14. The van der Waals surface area contributed by atoms with Crippen LogP contribution in [-0.2, 0) is 0 Å². The molecule has 0 heterocycles. The summed E-state index contributed by atoms with van der Waals surface area (Å²) in [5, 5.41) is 0.